The summed E-state index contributed by atoms with van der Waals surface area (Å²) in [5, 5.41) is 8.52. The van der Waals surface area contributed by atoms with Gasteiger partial charge in [0, 0.05) is 0 Å². The number of carbonyl (C=O) groups is 2. The molecule has 0 bridgehead atoms. The molecule has 0 heterocycles. The normalized spacial score (nSPS) is 14.1. The summed E-state index contributed by atoms with van der Waals surface area (Å²) < 4.78 is 5.07. The summed E-state index contributed by atoms with van der Waals surface area (Å²) >= 11 is 0. The minimum atomic E-state index is -0.953. The van der Waals surface area contributed by atoms with E-state index in [1.54, 1.807) is 0 Å². The molecule has 1 N–H and O–H groups in total. The average Bonchev–Trinajstić information content (AvgIpc) is 2.10. The Morgan fingerprint density at radius 3 is 1.94 bits per heavy atom. The summed E-state index contributed by atoms with van der Waals surface area (Å²) in [6.07, 6.45) is 0.584. The minimum Gasteiger partial charge on any atom is -0.481 e. The van der Waals surface area contributed by atoms with Gasteiger partial charge in [0.25, 0.3) is 0 Å². The molecule has 0 rings (SSSR count). The molecular weight excluding hydrogens is 232 g/mol. The van der Waals surface area contributed by atoms with Gasteiger partial charge in [0.05, 0.1) is 12.3 Å². The molecule has 4 heteroatoms. The van der Waals surface area contributed by atoms with Crippen LogP contribution in [0.5, 0.6) is 0 Å². The number of hydrogen-bond acceptors (Lipinski definition) is 3. The van der Waals surface area contributed by atoms with Crippen LogP contribution in [0.2, 0.25) is 0 Å². The van der Waals surface area contributed by atoms with Gasteiger partial charge in [-0.2, -0.15) is 0 Å². The third kappa shape index (κ3) is 7.30. The van der Waals surface area contributed by atoms with Crippen molar-refractivity contribution in [3.8, 4) is 0 Å². The first kappa shape index (κ1) is 16.9. The van der Waals surface area contributed by atoms with Crippen molar-refractivity contribution >= 4 is 11.9 Å². The summed E-state index contributed by atoms with van der Waals surface area (Å²) in [4.78, 5) is 22.4. The molecule has 0 aliphatic rings. The van der Waals surface area contributed by atoms with Crippen molar-refractivity contribution in [2.45, 2.75) is 54.4 Å². The number of ether oxygens (including phenoxy) is 1. The quantitative estimate of drug-likeness (QED) is 0.770. The lowest BCUT2D eigenvalue weighted by molar-refractivity contribution is -0.155. The van der Waals surface area contributed by atoms with E-state index in [-0.39, 0.29) is 35.7 Å². The van der Waals surface area contributed by atoms with Gasteiger partial charge in [-0.05, 0) is 17.3 Å². The van der Waals surface area contributed by atoms with Crippen LogP contribution in [0.25, 0.3) is 0 Å². The second-order valence-corrected chi connectivity index (χ2v) is 6.99. The Hall–Kier alpha value is -1.06. The number of carboxylic acids is 1. The molecule has 0 fully saturated rings. The maximum absolute atomic E-state index is 12.0. The largest absolute Gasteiger partial charge is 0.481 e. The fourth-order valence-corrected chi connectivity index (χ4v) is 1.69. The number of carbonyl (C=O) groups excluding carboxylic acids is 1. The summed E-state index contributed by atoms with van der Waals surface area (Å²) in [5.74, 6) is -1.46. The molecule has 0 spiro atoms. The molecule has 0 saturated carbocycles. The Morgan fingerprint density at radius 2 is 1.61 bits per heavy atom. The molecule has 0 aromatic heterocycles. The van der Waals surface area contributed by atoms with E-state index >= 15 is 0 Å². The molecule has 1 unspecified atom stereocenters. The molecular formula is C14H26O4. The van der Waals surface area contributed by atoms with Gasteiger partial charge in [-0.25, -0.2) is 0 Å². The molecule has 0 radical (unpaired) electrons. The summed E-state index contributed by atoms with van der Waals surface area (Å²) in [6, 6.07) is 0. The van der Waals surface area contributed by atoms with Crippen LogP contribution >= 0.6 is 0 Å². The molecule has 4 nitrogen and oxygen atoms in total. The molecule has 0 aliphatic carbocycles. The van der Waals surface area contributed by atoms with Crippen molar-refractivity contribution < 1.29 is 19.4 Å². The number of carboxylic acid groups (broad SMARTS) is 1. The number of hydrogen-bond donors (Lipinski definition) is 1. The highest BCUT2D eigenvalue weighted by molar-refractivity contribution is 5.74. The fraction of sp³-hybridized carbons (Fsp3) is 0.857. The summed E-state index contributed by atoms with van der Waals surface area (Å²) in [5.41, 5.74) is -0.155. The van der Waals surface area contributed by atoms with Crippen LogP contribution in [0.4, 0.5) is 0 Å². The average molecular weight is 258 g/mol. The van der Waals surface area contributed by atoms with Gasteiger partial charge in [-0.3, -0.25) is 9.59 Å². The monoisotopic (exact) mass is 258 g/mol. The van der Waals surface area contributed by atoms with E-state index in [0.29, 0.717) is 0 Å². The summed E-state index contributed by atoms with van der Waals surface area (Å²) in [6.45, 7) is 12.2. The lowest BCUT2D eigenvalue weighted by Crippen LogP contribution is -2.34. The molecule has 0 aromatic carbocycles. The van der Waals surface area contributed by atoms with Gasteiger partial charge < -0.3 is 9.84 Å². The third-order valence-electron chi connectivity index (χ3n) is 2.71. The highest BCUT2D eigenvalue weighted by atomic mass is 16.5. The van der Waals surface area contributed by atoms with E-state index < -0.39 is 5.97 Å². The van der Waals surface area contributed by atoms with Crippen LogP contribution < -0.4 is 0 Å². The first-order chi connectivity index (χ1) is 7.93. The van der Waals surface area contributed by atoms with Crippen LogP contribution in [0.1, 0.15) is 54.4 Å². The maximum Gasteiger partial charge on any atom is 0.309 e. The third-order valence-corrected chi connectivity index (χ3v) is 2.71. The van der Waals surface area contributed by atoms with E-state index in [1.165, 1.54) is 0 Å². The topological polar surface area (TPSA) is 63.6 Å². The molecule has 0 aliphatic heterocycles. The Bertz CT molecular complexity index is 294. The van der Waals surface area contributed by atoms with Gasteiger partial charge in [0.1, 0.15) is 6.61 Å². The Balaban J connectivity index is 4.57. The van der Waals surface area contributed by atoms with Gasteiger partial charge in [-0.1, -0.05) is 41.5 Å². The highest BCUT2D eigenvalue weighted by Gasteiger charge is 2.35. The predicted octanol–water partition coefficient (Wildman–Crippen LogP) is 3.10. The van der Waals surface area contributed by atoms with Gasteiger partial charge in [0.2, 0.25) is 0 Å². The van der Waals surface area contributed by atoms with Crippen LogP contribution in [0, 0.1) is 16.7 Å². The molecule has 1 atom stereocenters. The van der Waals surface area contributed by atoms with Gasteiger partial charge in [0.15, 0.2) is 0 Å². The standard InChI is InChI=1S/C14H26O4/c1-13(2,3)9-10(14(4,5)6)12(17)18-8-7-11(15)16/h10H,7-9H2,1-6H3,(H,15,16). The van der Waals surface area contributed by atoms with Crippen molar-refractivity contribution in [2.24, 2.45) is 16.7 Å². The van der Waals surface area contributed by atoms with Crippen molar-refractivity contribution in [1.82, 2.24) is 0 Å². The van der Waals surface area contributed by atoms with Gasteiger partial charge in [-0.15, -0.1) is 0 Å². The van der Waals surface area contributed by atoms with E-state index in [9.17, 15) is 9.59 Å². The first-order valence-electron chi connectivity index (χ1n) is 6.32. The van der Waals surface area contributed by atoms with E-state index in [1.807, 2.05) is 20.8 Å². The van der Waals surface area contributed by atoms with Crippen LogP contribution in [-0.2, 0) is 14.3 Å². The van der Waals surface area contributed by atoms with Crippen molar-refractivity contribution in [3.05, 3.63) is 0 Å². The SMILES string of the molecule is CC(C)(C)CC(C(=O)OCCC(=O)O)C(C)(C)C. The minimum absolute atomic E-state index is 0.0315. The highest BCUT2D eigenvalue weighted by Crippen LogP contribution is 2.36. The second kappa shape index (κ2) is 6.21. The Labute approximate surface area is 110 Å². The van der Waals surface area contributed by atoms with E-state index in [2.05, 4.69) is 20.8 Å². The van der Waals surface area contributed by atoms with E-state index in [0.717, 1.165) is 6.42 Å². The van der Waals surface area contributed by atoms with Crippen LogP contribution in [0.3, 0.4) is 0 Å². The van der Waals surface area contributed by atoms with Gasteiger partial charge >= 0.3 is 11.9 Å². The van der Waals surface area contributed by atoms with Crippen LogP contribution in [-0.4, -0.2) is 23.7 Å². The molecule has 0 amide bonds. The smallest absolute Gasteiger partial charge is 0.309 e. The van der Waals surface area contributed by atoms with Crippen molar-refractivity contribution in [2.75, 3.05) is 6.61 Å². The number of rotatable bonds is 5. The Morgan fingerprint density at radius 1 is 1.11 bits per heavy atom. The first-order valence-corrected chi connectivity index (χ1v) is 6.32. The molecule has 0 aromatic rings. The summed E-state index contributed by atoms with van der Waals surface area (Å²) in [7, 11) is 0. The maximum atomic E-state index is 12.0. The fourth-order valence-electron chi connectivity index (χ4n) is 1.69. The molecule has 0 saturated heterocycles. The number of aliphatic carboxylic acids is 1. The zero-order valence-electron chi connectivity index (χ0n) is 12.4. The lowest BCUT2D eigenvalue weighted by atomic mass is 9.72. The molecule has 18 heavy (non-hydrogen) atoms. The number of esters is 1. The van der Waals surface area contributed by atoms with Crippen molar-refractivity contribution in [1.29, 1.82) is 0 Å². The van der Waals surface area contributed by atoms with E-state index in [4.69, 9.17) is 9.84 Å². The molecule has 106 valence electrons. The zero-order chi connectivity index (χ0) is 14.6. The zero-order valence-corrected chi connectivity index (χ0v) is 12.4. The lowest BCUT2D eigenvalue weighted by Gasteiger charge is -2.33. The second-order valence-electron chi connectivity index (χ2n) is 6.99. The van der Waals surface area contributed by atoms with Crippen LogP contribution in [0.15, 0.2) is 0 Å². The predicted molar refractivity (Wildman–Crippen MR) is 70.2 cm³/mol. The Kier molecular flexibility index (Phi) is 5.84. The van der Waals surface area contributed by atoms with Crippen molar-refractivity contribution in [3.63, 3.8) is 0 Å².